The molecule has 0 atom stereocenters. The highest BCUT2D eigenvalue weighted by Gasteiger charge is 2.07. The minimum absolute atomic E-state index is 0.323. The van der Waals surface area contributed by atoms with Crippen LogP contribution in [0.3, 0.4) is 0 Å². The second kappa shape index (κ2) is 4.54. The van der Waals surface area contributed by atoms with E-state index in [1.54, 1.807) is 29.8 Å². The molecule has 0 aliphatic rings. The fraction of sp³-hybridized carbons (Fsp3) is 0.100. The Bertz CT molecular complexity index is 521. The number of nitrogens with two attached hydrogens (primary N) is 1. The standard InChI is InChI=1S/C10H10N4S2/c1-6-5-13-10(16-6)14-9-7(8(11)15)3-2-4-12-9/h2-5H,1H3,(H2,11,15)(H,12,13,14). The number of nitrogens with one attached hydrogen (secondary N) is 1. The molecule has 0 aromatic carbocycles. The average molecular weight is 250 g/mol. The van der Waals surface area contributed by atoms with Gasteiger partial charge in [-0.2, -0.15) is 0 Å². The molecule has 4 nitrogen and oxygen atoms in total. The number of nitrogens with zero attached hydrogens (tertiary/aromatic N) is 2. The molecule has 2 heterocycles. The van der Waals surface area contributed by atoms with E-state index < -0.39 is 0 Å². The van der Waals surface area contributed by atoms with Crippen LogP contribution in [0.4, 0.5) is 10.9 Å². The number of aromatic nitrogens is 2. The van der Waals surface area contributed by atoms with Crippen molar-refractivity contribution in [1.29, 1.82) is 0 Å². The molecule has 16 heavy (non-hydrogen) atoms. The maximum atomic E-state index is 5.61. The Morgan fingerprint density at radius 2 is 2.31 bits per heavy atom. The smallest absolute Gasteiger partial charge is 0.188 e. The third-order valence-corrected chi connectivity index (χ3v) is 2.97. The van der Waals surface area contributed by atoms with Gasteiger partial charge in [-0.25, -0.2) is 9.97 Å². The lowest BCUT2D eigenvalue weighted by Crippen LogP contribution is -2.12. The lowest BCUT2D eigenvalue weighted by atomic mass is 10.2. The Kier molecular flexibility index (Phi) is 3.12. The predicted octanol–water partition coefficient (Wildman–Crippen LogP) is 2.22. The molecule has 2 rings (SSSR count). The van der Waals surface area contributed by atoms with Gasteiger partial charge in [0.05, 0.1) is 5.56 Å². The molecule has 2 aromatic heterocycles. The maximum Gasteiger partial charge on any atom is 0.188 e. The molecular weight excluding hydrogens is 240 g/mol. The van der Waals surface area contributed by atoms with E-state index in [4.69, 9.17) is 18.0 Å². The van der Waals surface area contributed by atoms with Crippen LogP contribution < -0.4 is 11.1 Å². The van der Waals surface area contributed by atoms with Crippen LogP contribution in [0.25, 0.3) is 0 Å². The predicted molar refractivity (Wildman–Crippen MR) is 70.3 cm³/mol. The largest absolute Gasteiger partial charge is 0.389 e. The van der Waals surface area contributed by atoms with Crippen molar-refractivity contribution < 1.29 is 0 Å². The molecule has 6 heteroatoms. The van der Waals surface area contributed by atoms with E-state index >= 15 is 0 Å². The molecule has 82 valence electrons. The van der Waals surface area contributed by atoms with Gasteiger partial charge in [0.1, 0.15) is 10.8 Å². The van der Waals surface area contributed by atoms with Crippen LogP contribution in [-0.2, 0) is 0 Å². The van der Waals surface area contributed by atoms with Gasteiger partial charge in [-0.3, -0.25) is 0 Å². The molecule has 0 amide bonds. The van der Waals surface area contributed by atoms with Crippen molar-refractivity contribution in [3.8, 4) is 0 Å². The minimum atomic E-state index is 0.323. The van der Waals surface area contributed by atoms with Crippen molar-refractivity contribution in [2.24, 2.45) is 5.73 Å². The Morgan fingerprint density at radius 3 is 2.94 bits per heavy atom. The summed E-state index contributed by atoms with van der Waals surface area (Å²) in [5, 5.41) is 3.89. The van der Waals surface area contributed by atoms with Gasteiger partial charge in [-0.1, -0.05) is 12.2 Å². The fourth-order valence-electron chi connectivity index (χ4n) is 1.22. The number of aryl methyl sites for hydroxylation is 1. The molecule has 2 aromatic rings. The summed E-state index contributed by atoms with van der Waals surface area (Å²) in [6.45, 7) is 2.00. The Labute approximate surface area is 103 Å². The van der Waals surface area contributed by atoms with Crippen molar-refractivity contribution in [1.82, 2.24) is 9.97 Å². The van der Waals surface area contributed by atoms with Crippen LogP contribution in [0.2, 0.25) is 0 Å². The first-order chi connectivity index (χ1) is 7.66. The van der Waals surface area contributed by atoms with E-state index in [0.717, 1.165) is 15.6 Å². The van der Waals surface area contributed by atoms with Gasteiger partial charge in [0, 0.05) is 17.3 Å². The Balaban J connectivity index is 2.31. The number of hydrogen-bond acceptors (Lipinski definition) is 5. The van der Waals surface area contributed by atoms with Gasteiger partial charge in [0.25, 0.3) is 0 Å². The summed E-state index contributed by atoms with van der Waals surface area (Å²) in [5.74, 6) is 0.643. The number of thiocarbonyl (C=S) groups is 1. The number of thiazole rings is 1. The van der Waals surface area contributed by atoms with Crippen LogP contribution >= 0.6 is 23.6 Å². The van der Waals surface area contributed by atoms with Gasteiger partial charge in [-0.05, 0) is 19.1 Å². The summed E-state index contributed by atoms with van der Waals surface area (Å²) in [4.78, 5) is 9.84. The van der Waals surface area contributed by atoms with E-state index in [-0.39, 0.29) is 0 Å². The molecule has 0 saturated carbocycles. The van der Waals surface area contributed by atoms with Gasteiger partial charge in [0.15, 0.2) is 5.13 Å². The van der Waals surface area contributed by atoms with Crippen LogP contribution in [0.5, 0.6) is 0 Å². The highest BCUT2D eigenvalue weighted by Crippen LogP contribution is 2.22. The molecular formula is C10H10N4S2. The summed E-state index contributed by atoms with van der Waals surface area (Å²) >= 11 is 6.51. The highest BCUT2D eigenvalue weighted by atomic mass is 32.1. The van der Waals surface area contributed by atoms with Gasteiger partial charge < -0.3 is 11.1 Å². The first kappa shape index (κ1) is 11.0. The third-order valence-electron chi connectivity index (χ3n) is 1.92. The molecule has 0 bridgehead atoms. The summed E-state index contributed by atoms with van der Waals surface area (Å²) in [5.41, 5.74) is 6.34. The molecule has 0 radical (unpaired) electrons. The van der Waals surface area contributed by atoms with Crippen molar-refractivity contribution >= 4 is 39.5 Å². The van der Waals surface area contributed by atoms with E-state index in [9.17, 15) is 0 Å². The zero-order valence-corrected chi connectivity index (χ0v) is 10.2. The fourth-order valence-corrected chi connectivity index (χ4v) is 2.05. The topological polar surface area (TPSA) is 63.8 Å². The molecule has 0 aliphatic heterocycles. The normalized spacial score (nSPS) is 10.1. The average Bonchev–Trinajstić information content (AvgIpc) is 2.64. The Morgan fingerprint density at radius 1 is 1.50 bits per heavy atom. The summed E-state index contributed by atoms with van der Waals surface area (Å²) in [6.07, 6.45) is 3.49. The van der Waals surface area contributed by atoms with E-state index in [2.05, 4.69) is 15.3 Å². The molecule has 0 fully saturated rings. The van der Waals surface area contributed by atoms with E-state index in [1.165, 1.54) is 0 Å². The molecule has 3 N–H and O–H groups in total. The van der Waals surface area contributed by atoms with Crippen molar-refractivity contribution in [3.63, 3.8) is 0 Å². The third kappa shape index (κ3) is 2.34. The molecule has 0 saturated heterocycles. The van der Waals surface area contributed by atoms with Crippen LogP contribution in [-0.4, -0.2) is 15.0 Å². The number of hydrogen-bond donors (Lipinski definition) is 2. The highest BCUT2D eigenvalue weighted by molar-refractivity contribution is 7.80. The summed E-state index contributed by atoms with van der Waals surface area (Å²) in [7, 11) is 0. The maximum absolute atomic E-state index is 5.61. The van der Waals surface area contributed by atoms with Crippen LogP contribution in [0.15, 0.2) is 24.5 Å². The first-order valence-electron chi connectivity index (χ1n) is 4.61. The van der Waals surface area contributed by atoms with Crippen molar-refractivity contribution in [2.45, 2.75) is 6.92 Å². The van der Waals surface area contributed by atoms with Crippen molar-refractivity contribution in [2.75, 3.05) is 5.32 Å². The Hall–Kier alpha value is -1.53. The lowest BCUT2D eigenvalue weighted by Gasteiger charge is -2.06. The molecule has 0 unspecified atom stereocenters. The lowest BCUT2D eigenvalue weighted by molar-refractivity contribution is 1.27. The summed E-state index contributed by atoms with van der Waals surface area (Å²) in [6, 6.07) is 3.63. The SMILES string of the molecule is Cc1cnc(Nc2ncccc2C(N)=S)s1. The molecule has 0 aliphatic carbocycles. The number of rotatable bonds is 3. The van der Waals surface area contributed by atoms with E-state index in [1.807, 2.05) is 13.0 Å². The zero-order chi connectivity index (χ0) is 11.5. The zero-order valence-electron chi connectivity index (χ0n) is 8.60. The monoisotopic (exact) mass is 250 g/mol. The minimum Gasteiger partial charge on any atom is -0.389 e. The van der Waals surface area contributed by atoms with Gasteiger partial charge in [-0.15, -0.1) is 11.3 Å². The van der Waals surface area contributed by atoms with Crippen molar-refractivity contribution in [3.05, 3.63) is 35.0 Å². The first-order valence-corrected chi connectivity index (χ1v) is 5.83. The number of pyridine rings is 1. The van der Waals surface area contributed by atoms with E-state index in [0.29, 0.717) is 10.8 Å². The van der Waals surface area contributed by atoms with Gasteiger partial charge >= 0.3 is 0 Å². The van der Waals surface area contributed by atoms with Crippen LogP contribution in [0.1, 0.15) is 10.4 Å². The summed E-state index contributed by atoms with van der Waals surface area (Å²) < 4.78 is 0. The van der Waals surface area contributed by atoms with Gasteiger partial charge in [0.2, 0.25) is 0 Å². The number of anilines is 2. The quantitative estimate of drug-likeness (QED) is 0.818. The molecule has 0 spiro atoms. The second-order valence-corrected chi connectivity index (χ2v) is 4.84. The second-order valence-electron chi connectivity index (χ2n) is 3.16. The van der Waals surface area contributed by atoms with Crippen LogP contribution in [0, 0.1) is 6.92 Å².